The highest BCUT2D eigenvalue weighted by Gasteiger charge is 2.33. The van der Waals surface area contributed by atoms with E-state index in [1.54, 1.807) is 30.3 Å². The summed E-state index contributed by atoms with van der Waals surface area (Å²) in [6, 6.07) is 12.7. The Hall–Kier alpha value is -4.01. The number of hydrogen-bond acceptors (Lipinski definition) is 4. The zero-order chi connectivity index (χ0) is 25.6. The predicted molar refractivity (Wildman–Crippen MR) is 124 cm³/mol. The van der Waals surface area contributed by atoms with Gasteiger partial charge in [-0.3, -0.25) is 4.79 Å². The zero-order valence-electron chi connectivity index (χ0n) is 19.1. The molecule has 1 aromatic heterocycles. The van der Waals surface area contributed by atoms with Crippen LogP contribution in [-0.4, -0.2) is 23.5 Å². The third-order valence-electron chi connectivity index (χ3n) is 4.90. The number of alkyl halides is 3. The minimum Gasteiger partial charge on any atom is -0.487 e. The molecule has 0 unspecified atom stereocenters. The van der Waals surface area contributed by atoms with Gasteiger partial charge in [0.15, 0.2) is 5.76 Å². The van der Waals surface area contributed by atoms with Gasteiger partial charge in [-0.15, -0.1) is 0 Å². The van der Waals surface area contributed by atoms with Crippen LogP contribution in [0.3, 0.4) is 0 Å². The van der Waals surface area contributed by atoms with Crippen molar-refractivity contribution in [3.05, 3.63) is 89.4 Å². The van der Waals surface area contributed by atoms with Crippen LogP contribution in [0.1, 0.15) is 41.1 Å². The Kier molecular flexibility index (Phi) is 8.01. The van der Waals surface area contributed by atoms with E-state index in [1.165, 1.54) is 29.4 Å². The first-order valence-electron chi connectivity index (χ1n) is 10.7. The van der Waals surface area contributed by atoms with Gasteiger partial charge in [0.25, 0.3) is 5.91 Å². The van der Waals surface area contributed by atoms with Crippen LogP contribution >= 0.6 is 0 Å². The first-order valence-corrected chi connectivity index (χ1v) is 10.7. The first kappa shape index (κ1) is 25.6. The van der Waals surface area contributed by atoms with E-state index in [0.717, 1.165) is 18.2 Å². The van der Waals surface area contributed by atoms with E-state index in [9.17, 15) is 22.8 Å². The van der Waals surface area contributed by atoms with Crippen molar-refractivity contribution in [3.8, 4) is 5.75 Å². The quantitative estimate of drug-likeness (QED) is 0.360. The van der Waals surface area contributed by atoms with Gasteiger partial charge in [-0.25, -0.2) is 4.79 Å². The lowest BCUT2D eigenvalue weighted by Crippen LogP contribution is -2.34. The van der Waals surface area contributed by atoms with Crippen LogP contribution in [0.5, 0.6) is 5.75 Å². The normalized spacial score (nSPS) is 11.7. The summed E-state index contributed by atoms with van der Waals surface area (Å²) in [6.07, 6.45) is -0.829. The van der Waals surface area contributed by atoms with E-state index in [0.29, 0.717) is 11.1 Å². The number of carboxylic acids is 1. The van der Waals surface area contributed by atoms with E-state index in [2.05, 4.69) is 0 Å². The third-order valence-corrected chi connectivity index (χ3v) is 4.90. The largest absolute Gasteiger partial charge is 0.487 e. The van der Waals surface area contributed by atoms with Crippen molar-refractivity contribution < 1.29 is 37.0 Å². The molecule has 0 radical (unpaired) electrons. The molecule has 3 rings (SSSR count). The number of anilines is 1. The first-order chi connectivity index (χ1) is 16.5. The minimum absolute atomic E-state index is 0.00968. The second-order valence-electron chi connectivity index (χ2n) is 8.17. The summed E-state index contributed by atoms with van der Waals surface area (Å²) >= 11 is 0. The number of carboxylic acid groups (broad SMARTS) is 1. The summed E-state index contributed by atoms with van der Waals surface area (Å²) in [7, 11) is 0. The zero-order valence-corrected chi connectivity index (χ0v) is 19.1. The fourth-order valence-electron chi connectivity index (χ4n) is 3.27. The van der Waals surface area contributed by atoms with Gasteiger partial charge in [-0.2, -0.15) is 13.2 Å². The smallest absolute Gasteiger partial charge is 0.416 e. The maximum atomic E-state index is 13.4. The van der Waals surface area contributed by atoms with Gasteiger partial charge >= 0.3 is 12.1 Å². The second kappa shape index (κ2) is 10.9. The number of amides is 1. The van der Waals surface area contributed by atoms with Gasteiger partial charge < -0.3 is 19.2 Å². The average Bonchev–Trinajstić information content (AvgIpc) is 3.34. The molecule has 0 saturated heterocycles. The molecule has 1 amide bonds. The number of halogens is 3. The summed E-state index contributed by atoms with van der Waals surface area (Å²) in [5.74, 6) is -1.61. The van der Waals surface area contributed by atoms with E-state index < -0.39 is 23.6 Å². The van der Waals surface area contributed by atoms with Crippen LogP contribution < -0.4 is 9.64 Å². The van der Waals surface area contributed by atoms with E-state index >= 15 is 0 Å². The van der Waals surface area contributed by atoms with Gasteiger partial charge in [0.2, 0.25) is 0 Å². The minimum atomic E-state index is -4.59. The maximum absolute atomic E-state index is 13.4. The number of hydrogen-bond donors (Lipinski definition) is 1. The molecular formula is C26H24F3NO5. The van der Waals surface area contributed by atoms with Crippen molar-refractivity contribution >= 4 is 23.6 Å². The Labute approximate surface area is 200 Å². The second-order valence-corrected chi connectivity index (χ2v) is 8.17. The summed E-state index contributed by atoms with van der Waals surface area (Å²) in [4.78, 5) is 25.1. The Morgan fingerprint density at radius 1 is 1.11 bits per heavy atom. The molecule has 35 heavy (non-hydrogen) atoms. The van der Waals surface area contributed by atoms with Crippen LogP contribution in [-0.2, 0) is 17.6 Å². The van der Waals surface area contributed by atoms with Crippen molar-refractivity contribution in [3.63, 3.8) is 0 Å². The number of aliphatic carboxylic acids is 1. The molecule has 9 heteroatoms. The molecule has 0 bridgehead atoms. The van der Waals surface area contributed by atoms with Gasteiger partial charge in [0.05, 0.1) is 17.5 Å². The monoisotopic (exact) mass is 487 g/mol. The lowest BCUT2D eigenvalue weighted by Gasteiger charge is -2.26. The highest BCUT2D eigenvalue weighted by molar-refractivity contribution is 6.05. The summed E-state index contributed by atoms with van der Waals surface area (Å²) in [6.45, 7) is 3.92. The lowest BCUT2D eigenvalue weighted by molar-refractivity contribution is -0.137. The van der Waals surface area contributed by atoms with Crippen molar-refractivity contribution in [2.75, 3.05) is 11.4 Å². The predicted octanol–water partition coefficient (Wildman–Crippen LogP) is 6.28. The SMILES string of the molecule is CC(C)CN(C(=O)c1ccco1)c1ccc(C(F)(F)F)cc1OCc1ccc(C=CC(=O)O)cc1. The number of ether oxygens (including phenoxy) is 1. The van der Waals surface area contributed by atoms with Crippen molar-refractivity contribution in [2.45, 2.75) is 26.6 Å². The molecule has 0 saturated carbocycles. The average molecular weight is 487 g/mol. The standard InChI is InChI=1S/C26H24F3NO5/c1-17(2)15-30(25(33)22-4-3-13-34-22)21-11-10-20(26(27,28)29)14-23(21)35-16-19-7-5-18(6-8-19)9-12-24(31)32/h3-14,17H,15-16H2,1-2H3,(H,31,32). The molecule has 6 nitrogen and oxygen atoms in total. The Morgan fingerprint density at radius 2 is 1.83 bits per heavy atom. The maximum Gasteiger partial charge on any atom is 0.416 e. The fraction of sp³-hybridized carbons (Fsp3) is 0.231. The van der Waals surface area contributed by atoms with Crippen LogP contribution in [0.15, 0.2) is 71.4 Å². The van der Waals surface area contributed by atoms with Gasteiger partial charge in [0, 0.05) is 12.6 Å². The summed E-state index contributed by atoms with van der Waals surface area (Å²) < 4.78 is 51.3. The van der Waals surface area contributed by atoms with E-state index in [4.69, 9.17) is 14.3 Å². The molecule has 2 aromatic carbocycles. The number of benzene rings is 2. The third kappa shape index (κ3) is 6.99. The van der Waals surface area contributed by atoms with Crippen molar-refractivity contribution in [1.29, 1.82) is 0 Å². The van der Waals surface area contributed by atoms with Crippen molar-refractivity contribution in [1.82, 2.24) is 0 Å². The van der Waals surface area contributed by atoms with Crippen molar-refractivity contribution in [2.24, 2.45) is 5.92 Å². The van der Waals surface area contributed by atoms with Gasteiger partial charge in [0.1, 0.15) is 12.4 Å². The molecule has 0 fully saturated rings. The number of carbonyl (C=O) groups excluding carboxylic acids is 1. The Morgan fingerprint density at radius 3 is 2.40 bits per heavy atom. The molecule has 0 aliphatic heterocycles. The number of carbonyl (C=O) groups is 2. The number of rotatable bonds is 9. The molecule has 0 aliphatic rings. The molecule has 1 N–H and O–H groups in total. The van der Waals surface area contributed by atoms with E-state index in [1.807, 2.05) is 13.8 Å². The number of nitrogens with zero attached hydrogens (tertiary/aromatic N) is 1. The molecule has 3 aromatic rings. The van der Waals surface area contributed by atoms with Crippen LogP contribution in [0.2, 0.25) is 0 Å². The van der Waals surface area contributed by atoms with Crippen LogP contribution in [0.4, 0.5) is 18.9 Å². The Balaban J connectivity index is 1.93. The van der Waals surface area contributed by atoms with E-state index in [-0.39, 0.29) is 36.3 Å². The topological polar surface area (TPSA) is 80.0 Å². The number of furan rings is 1. The molecule has 184 valence electrons. The molecular weight excluding hydrogens is 463 g/mol. The molecule has 0 spiro atoms. The molecule has 0 atom stereocenters. The van der Waals surface area contributed by atoms with Gasteiger partial charge in [-0.1, -0.05) is 38.1 Å². The lowest BCUT2D eigenvalue weighted by atomic mass is 10.1. The summed E-state index contributed by atoms with van der Waals surface area (Å²) in [5, 5.41) is 8.72. The molecule has 0 aliphatic carbocycles. The highest BCUT2D eigenvalue weighted by Crippen LogP contribution is 2.38. The fourth-order valence-corrected chi connectivity index (χ4v) is 3.27. The van der Waals surface area contributed by atoms with Crippen LogP contribution in [0, 0.1) is 5.92 Å². The Bertz CT molecular complexity index is 1180. The molecule has 1 heterocycles. The van der Waals surface area contributed by atoms with Crippen LogP contribution in [0.25, 0.3) is 6.08 Å². The summed E-state index contributed by atoms with van der Waals surface area (Å²) in [5.41, 5.74) is 0.575. The highest BCUT2D eigenvalue weighted by atomic mass is 19.4. The van der Waals surface area contributed by atoms with Gasteiger partial charge in [-0.05, 0) is 53.5 Å².